The van der Waals surface area contributed by atoms with Crippen molar-refractivity contribution in [3.8, 4) is 0 Å². The maximum atomic E-state index is 12.0. The van der Waals surface area contributed by atoms with Crippen LogP contribution in [0.5, 0.6) is 0 Å². The largest absolute Gasteiger partial charge is 0.480 e. The molecule has 0 heterocycles. The zero-order chi connectivity index (χ0) is 20.1. The molecule has 0 aliphatic carbocycles. The molecule has 2 aromatic rings. The third-order valence-corrected chi connectivity index (χ3v) is 4.91. The molecule has 0 saturated heterocycles. The summed E-state index contributed by atoms with van der Waals surface area (Å²) >= 11 is 0. The van der Waals surface area contributed by atoms with Crippen molar-refractivity contribution in [2.24, 2.45) is 10.8 Å². The molecule has 0 aliphatic rings. The fourth-order valence-corrected chi connectivity index (χ4v) is 3.74. The summed E-state index contributed by atoms with van der Waals surface area (Å²) < 4.78 is 0. The summed E-state index contributed by atoms with van der Waals surface area (Å²) in [7, 11) is 0. The summed E-state index contributed by atoms with van der Waals surface area (Å²) in [5, 5.41) is 19.7. The Bertz CT molecular complexity index is 706. The smallest absolute Gasteiger partial charge is 0.321 e. The number of carbonyl (C=O) groups is 2. The first-order chi connectivity index (χ1) is 12.7. The van der Waals surface area contributed by atoms with Crippen LogP contribution in [0, 0.1) is 10.8 Å². The van der Waals surface area contributed by atoms with Gasteiger partial charge >= 0.3 is 11.9 Å². The Morgan fingerprint density at radius 3 is 1.56 bits per heavy atom. The van der Waals surface area contributed by atoms with Crippen molar-refractivity contribution in [2.75, 3.05) is 0 Å². The first-order valence-electron chi connectivity index (χ1n) is 9.22. The van der Waals surface area contributed by atoms with E-state index < -0.39 is 22.8 Å². The number of hydrogen-bond acceptors (Lipinski definition) is 2. The van der Waals surface area contributed by atoms with Gasteiger partial charge in [0.2, 0.25) is 0 Å². The molecule has 0 amide bonds. The average molecular weight is 368 g/mol. The van der Waals surface area contributed by atoms with Gasteiger partial charge < -0.3 is 10.2 Å². The van der Waals surface area contributed by atoms with E-state index in [1.54, 1.807) is 0 Å². The second-order valence-corrected chi connectivity index (χ2v) is 8.34. The second kappa shape index (κ2) is 8.38. The van der Waals surface area contributed by atoms with E-state index in [2.05, 4.69) is 0 Å². The molecule has 0 aromatic heterocycles. The Morgan fingerprint density at radius 2 is 1.22 bits per heavy atom. The lowest BCUT2D eigenvalue weighted by Crippen LogP contribution is -2.42. The number of aliphatic carboxylic acids is 2. The number of carboxylic acids is 2. The summed E-state index contributed by atoms with van der Waals surface area (Å²) in [6, 6.07) is 19.7. The van der Waals surface area contributed by atoms with Gasteiger partial charge in [0.15, 0.2) is 5.41 Å². The van der Waals surface area contributed by atoms with Crippen molar-refractivity contribution in [3.05, 3.63) is 71.8 Å². The van der Waals surface area contributed by atoms with E-state index in [9.17, 15) is 19.8 Å². The zero-order valence-electron chi connectivity index (χ0n) is 16.2. The Morgan fingerprint density at radius 1 is 0.815 bits per heavy atom. The summed E-state index contributed by atoms with van der Waals surface area (Å²) in [5.41, 5.74) is -0.0838. The number of benzene rings is 2. The fraction of sp³-hybridized carbons (Fsp3) is 0.391. The third-order valence-electron chi connectivity index (χ3n) is 4.91. The van der Waals surface area contributed by atoms with Crippen molar-refractivity contribution >= 4 is 11.9 Å². The highest BCUT2D eigenvalue weighted by atomic mass is 16.4. The Hall–Kier alpha value is -2.62. The predicted octanol–water partition coefficient (Wildman–Crippen LogP) is 5.19. The molecule has 0 radical (unpaired) electrons. The van der Waals surface area contributed by atoms with Crippen molar-refractivity contribution in [3.63, 3.8) is 0 Å². The average Bonchev–Trinajstić information content (AvgIpc) is 2.61. The van der Waals surface area contributed by atoms with E-state index in [1.807, 2.05) is 81.4 Å². The highest BCUT2D eigenvalue weighted by Crippen LogP contribution is 2.41. The number of carboxylic acid groups (broad SMARTS) is 2. The van der Waals surface area contributed by atoms with Crippen LogP contribution in [0.15, 0.2) is 60.7 Å². The van der Waals surface area contributed by atoms with Gasteiger partial charge in [0.1, 0.15) is 0 Å². The van der Waals surface area contributed by atoms with Gasteiger partial charge in [-0.3, -0.25) is 9.59 Å². The van der Waals surface area contributed by atoms with Crippen LogP contribution < -0.4 is 0 Å². The van der Waals surface area contributed by atoms with Crippen molar-refractivity contribution in [1.82, 2.24) is 0 Å². The molecular weight excluding hydrogens is 340 g/mol. The lowest BCUT2D eigenvalue weighted by Gasteiger charge is -2.33. The van der Waals surface area contributed by atoms with Crippen LogP contribution in [-0.4, -0.2) is 22.2 Å². The molecule has 0 saturated carbocycles. The first-order valence-corrected chi connectivity index (χ1v) is 9.22. The lowest BCUT2D eigenvalue weighted by molar-refractivity contribution is -0.168. The topological polar surface area (TPSA) is 74.6 Å². The second-order valence-electron chi connectivity index (χ2n) is 8.34. The van der Waals surface area contributed by atoms with Crippen molar-refractivity contribution in [2.45, 2.75) is 46.0 Å². The molecule has 0 fully saturated rings. The molecule has 144 valence electrons. The zero-order valence-corrected chi connectivity index (χ0v) is 16.2. The monoisotopic (exact) mass is 368 g/mol. The fourth-order valence-electron chi connectivity index (χ4n) is 3.74. The molecule has 0 bridgehead atoms. The molecule has 0 spiro atoms. The summed E-state index contributed by atoms with van der Waals surface area (Å²) in [6.07, 6.45) is 0.604. The maximum Gasteiger partial charge on any atom is 0.321 e. The van der Waals surface area contributed by atoms with Crippen LogP contribution in [0.1, 0.15) is 57.1 Å². The molecule has 2 rings (SSSR count). The van der Waals surface area contributed by atoms with Gasteiger partial charge in [-0.15, -0.1) is 0 Å². The Labute approximate surface area is 160 Å². The van der Waals surface area contributed by atoms with Gasteiger partial charge in [-0.05, 0) is 35.8 Å². The van der Waals surface area contributed by atoms with Crippen LogP contribution in [0.2, 0.25) is 0 Å². The minimum Gasteiger partial charge on any atom is -0.480 e. The minimum absolute atomic E-state index is 0.0505. The summed E-state index contributed by atoms with van der Waals surface area (Å²) in [4.78, 5) is 24.1. The Kier molecular flexibility index (Phi) is 6.42. The van der Waals surface area contributed by atoms with Crippen LogP contribution in [0.25, 0.3) is 0 Å². The van der Waals surface area contributed by atoms with Gasteiger partial charge in [0, 0.05) is 5.92 Å². The van der Waals surface area contributed by atoms with Gasteiger partial charge in [0.25, 0.3) is 0 Å². The maximum absolute atomic E-state index is 12.0. The van der Waals surface area contributed by atoms with E-state index in [0.29, 0.717) is 6.42 Å². The molecule has 4 nitrogen and oxygen atoms in total. The molecule has 0 atom stereocenters. The van der Waals surface area contributed by atoms with Crippen LogP contribution in [-0.2, 0) is 9.59 Å². The van der Waals surface area contributed by atoms with Crippen molar-refractivity contribution in [1.29, 1.82) is 0 Å². The first kappa shape index (κ1) is 20.7. The van der Waals surface area contributed by atoms with E-state index in [0.717, 1.165) is 11.1 Å². The molecule has 4 heteroatoms. The van der Waals surface area contributed by atoms with E-state index in [-0.39, 0.29) is 18.8 Å². The quantitative estimate of drug-likeness (QED) is 0.629. The molecule has 27 heavy (non-hydrogen) atoms. The van der Waals surface area contributed by atoms with E-state index >= 15 is 0 Å². The summed E-state index contributed by atoms with van der Waals surface area (Å²) in [5.74, 6) is -2.57. The highest BCUT2D eigenvalue weighted by Gasteiger charge is 2.48. The van der Waals surface area contributed by atoms with Crippen LogP contribution in [0.3, 0.4) is 0 Å². The third kappa shape index (κ3) is 5.19. The molecular formula is C23H28O4. The van der Waals surface area contributed by atoms with Gasteiger partial charge in [-0.25, -0.2) is 0 Å². The van der Waals surface area contributed by atoms with Crippen LogP contribution >= 0.6 is 0 Å². The minimum atomic E-state index is -1.79. The normalized spacial score (nSPS) is 12.1. The molecule has 0 aliphatic heterocycles. The molecule has 2 aromatic carbocycles. The predicted molar refractivity (Wildman–Crippen MR) is 106 cm³/mol. The Balaban J connectivity index is 2.38. The standard InChI is InChI=1S/C23H28O4/c1-22(2,3)16-23(20(24)25,21(26)27)15-14-19(17-10-6-4-7-11-17)18-12-8-5-9-13-18/h4-13,19H,14-16H2,1-3H3,(H,24,25)(H,26,27). The molecule has 0 unspecified atom stereocenters. The van der Waals surface area contributed by atoms with Gasteiger partial charge in [-0.1, -0.05) is 81.4 Å². The van der Waals surface area contributed by atoms with Crippen LogP contribution in [0.4, 0.5) is 0 Å². The number of hydrogen-bond donors (Lipinski definition) is 2. The SMILES string of the molecule is CC(C)(C)CC(CCC(c1ccccc1)c1ccccc1)(C(=O)O)C(=O)O. The van der Waals surface area contributed by atoms with E-state index in [1.165, 1.54) is 0 Å². The van der Waals surface area contributed by atoms with E-state index in [4.69, 9.17) is 0 Å². The van der Waals surface area contributed by atoms with Crippen molar-refractivity contribution < 1.29 is 19.8 Å². The van der Waals surface area contributed by atoms with Gasteiger partial charge in [0.05, 0.1) is 0 Å². The van der Waals surface area contributed by atoms with Gasteiger partial charge in [-0.2, -0.15) is 0 Å². The number of rotatable bonds is 8. The molecule has 2 N–H and O–H groups in total. The lowest BCUT2D eigenvalue weighted by atomic mass is 9.69. The summed E-state index contributed by atoms with van der Waals surface area (Å²) in [6.45, 7) is 5.62. The highest BCUT2D eigenvalue weighted by molar-refractivity contribution is 5.98.